The number of nitrogens with zero attached hydrogens (tertiary/aromatic N) is 3. The number of carbonyl (C=O) groups is 1. The Morgan fingerprint density at radius 2 is 1.59 bits per heavy atom. The molecule has 0 radical (unpaired) electrons. The molecular formula is C26H25N3O4Se. The first kappa shape index (κ1) is 24.0. The Kier molecular flexibility index (Phi) is 8.36. The van der Waals surface area contributed by atoms with Gasteiger partial charge >= 0.3 is 205 Å². The van der Waals surface area contributed by atoms with Gasteiger partial charge in [0.1, 0.15) is 0 Å². The van der Waals surface area contributed by atoms with Gasteiger partial charge in [-0.15, -0.1) is 0 Å². The van der Waals surface area contributed by atoms with Crippen molar-refractivity contribution in [3.63, 3.8) is 0 Å². The quantitative estimate of drug-likeness (QED) is 0.145. The summed E-state index contributed by atoms with van der Waals surface area (Å²) in [6.07, 6.45) is -1.78. The van der Waals surface area contributed by atoms with Crippen LogP contribution in [0.2, 0.25) is 0 Å². The molecule has 0 aromatic heterocycles. The van der Waals surface area contributed by atoms with E-state index in [9.17, 15) is 10.3 Å². The van der Waals surface area contributed by atoms with Crippen molar-refractivity contribution in [2.45, 2.75) is 42.9 Å². The van der Waals surface area contributed by atoms with Gasteiger partial charge in [-0.3, -0.25) is 0 Å². The summed E-state index contributed by atoms with van der Waals surface area (Å²) in [4.78, 5) is 16.1. The molecule has 1 fully saturated rings. The van der Waals surface area contributed by atoms with E-state index >= 15 is 0 Å². The van der Waals surface area contributed by atoms with Crippen LogP contribution in [0.5, 0.6) is 0 Å². The Labute approximate surface area is 204 Å². The number of ether oxygens (including phenoxy) is 3. The van der Waals surface area contributed by atoms with Crippen LogP contribution in [0.15, 0.2) is 96.1 Å². The summed E-state index contributed by atoms with van der Waals surface area (Å²) in [6.45, 7) is 2.22. The van der Waals surface area contributed by atoms with Crippen LogP contribution in [0, 0.1) is 0 Å². The van der Waals surface area contributed by atoms with E-state index in [2.05, 4.69) is 10.0 Å². The Balaban J connectivity index is 1.62. The molecule has 7 nitrogen and oxygen atoms in total. The van der Waals surface area contributed by atoms with Gasteiger partial charge in [-0.25, -0.2) is 0 Å². The molecule has 0 unspecified atom stereocenters. The van der Waals surface area contributed by atoms with Crippen LogP contribution >= 0.6 is 0 Å². The second-order valence-electron chi connectivity index (χ2n) is 7.83. The Hall–Kier alpha value is -3.12. The normalized spacial score (nSPS) is 24.1. The van der Waals surface area contributed by atoms with E-state index in [1.165, 1.54) is 0 Å². The van der Waals surface area contributed by atoms with Crippen molar-refractivity contribution in [3.05, 3.63) is 113 Å². The maximum atomic E-state index is 13.0. The molecular weight excluding hydrogens is 497 g/mol. The molecule has 3 aromatic rings. The zero-order chi connectivity index (χ0) is 23.8. The van der Waals surface area contributed by atoms with Gasteiger partial charge in [-0.2, -0.15) is 0 Å². The molecule has 34 heavy (non-hydrogen) atoms. The molecule has 0 N–H and O–H groups in total. The first-order valence-corrected chi connectivity index (χ1v) is 12.8. The van der Waals surface area contributed by atoms with Crippen LogP contribution in [0.1, 0.15) is 22.8 Å². The molecule has 0 aliphatic carbocycles. The molecule has 5 atom stereocenters. The fraction of sp³-hybridized carbons (Fsp3) is 0.269. The van der Waals surface area contributed by atoms with E-state index in [4.69, 9.17) is 14.2 Å². The van der Waals surface area contributed by atoms with Gasteiger partial charge < -0.3 is 0 Å². The summed E-state index contributed by atoms with van der Waals surface area (Å²) in [6, 6.07) is 27.7. The summed E-state index contributed by atoms with van der Waals surface area (Å²) < 4.78 is 19.6. The predicted molar refractivity (Wildman–Crippen MR) is 130 cm³/mol. The van der Waals surface area contributed by atoms with Crippen molar-refractivity contribution in [1.82, 2.24) is 0 Å². The standard InChI is InChI=1S/C26H25N3O4Se/c1-18-23(31-17-19-11-5-2-6-12-19)24(33-25(30)20-13-7-3-8-14-20)22(28-29-27)26(32-18)34-21-15-9-4-10-16-21/h2-16,18,22-24,26H,17H2,1H3/t18-,22-,23+,24-,26-/m0/s1. The maximum absolute atomic E-state index is 13.0. The summed E-state index contributed by atoms with van der Waals surface area (Å²) in [7, 11) is 0. The third kappa shape index (κ3) is 6.06. The molecule has 8 heteroatoms. The van der Waals surface area contributed by atoms with Gasteiger partial charge in [0, 0.05) is 0 Å². The van der Waals surface area contributed by atoms with Crippen molar-refractivity contribution in [2.24, 2.45) is 5.11 Å². The van der Waals surface area contributed by atoms with Gasteiger partial charge in [0.25, 0.3) is 0 Å². The first-order chi connectivity index (χ1) is 16.7. The van der Waals surface area contributed by atoms with Gasteiger partial charge in [0.2, 0.25) is 0 Å². The Bertz CT molecular complexity index is 1110. The van der Waals surface area contributed by atoms with E-state index in [0.717, 1.165) is 10.0 Å². The van der Waals surface area contributed by atoms with Crippen LogP contribution in [0.3, 0.4) is 0 Å². The van der Waals surface area contributed by atoms with Crippen molar-refractivity contribution in [2.75, 3.05) is 0 Å². The van der Waals surface area contributed by atoms with E-state index in [1.807, 2.05) is 73.7 Å². The number of azide groups is 1. The fourth-order valence-electron chi connectivity index (χ4n) is 3.80. The van der Waals surface area contributed by atoms with Crippen LogP contribution in [-0.2, 0) is 20.8 Å². The van der Waals surface area contributed by atoms with Gasteiger partial charge in [-0.05, 0) is 0 Å². The van der Waals surface area contributed by atoms with Crippen molar-refractivity contribution in [3.8, 4) is 0 Å². The molecule has 1 aliphatic heterocycles. The average molecular weight is 522 g/mol. The van der Waals surface area contributed by atoms with E-state index in [1.54, 1.807) is 24.3 Å². The predicted octanol–water partition coefficient (Wildman–Crippen LogP) is 4.25. The van der Waals surface area contributed by atoms with Crippen molar-refractivity contribution < 1.29 is 19.0 Å². The van der Waals surface area contributed by atoms with Gasteiger partial charge in [0.05, 0.1) is 0 Å². The zero-order valence-electron chi connectivity index (χ0n) is 18.6. The molecule has 0 bridgehead atoms. The SMILES string of the molecule is C[C@@H]1O[C@@H]([Se]c2ccccc2)[C@@H](N=[N+]=[N-])[C@H](OC(=O)c2ccccc2)[C@@H]1OCc1ccccc1. The number of hydrogen-bond donors (Lipinski definition) is 0. The third-order valence-electron chi connectivity index (χ3n) is 5.47. The molecule has 1 heterocycles. The molecule has 4 rings (SSSR count). The molecule has 0 spiro atoms. The summed E-state index contributed by atoms with van der Waals surface area (Å²) >= 11 is -0.170. The second-order valence-corrected chi connectivity index (χ2v) is 10.3. The Morgan fingerprint density at radius 3 is 2.24 bits per heavy atom. The topological polar surface area (TPSA) is 93.5 Å². The molecule has 1 aliphatic rings. The minimum atomic E-state index is -0.799. The van der Waals surface area contributed by atoms with Gasteiger partial charge in [0.15, 0.2) is 0 Å². The Morgan fingerprint density at radius 1 is 0.971 bits per heavy atom. The van der Waals surface area contributed by atoms with E-state index in [-0.39, 0.29) is 21.1 Å². The summed E-state index contributed by atoms with van der Waals surface area (Å²) in [5.41, 5.74) is 10.8. The monoisotopic (exact) mass is 523 g/mol. The average Bonchev–Trinajstić information content (AvgIpc) is 2.87. The van der Waals surface area contributed by atoms with Crippen LogP contribution in [-0.4, -0.2) is 50.3 Å². The third-order valence-corrected chi connectivity index (χ3v) is 7.92. The first-order valence-electron chi connectivity index (χ1n) is 11.0. The molecule has 174 valence electrons. The van der Waals surface area contributed by atoms with E-state index < -0.39 is 29.2 Å². The van der Waals surface area contributed by atoms with E-state index in [0.29, 0.717) is 12.2 Å². The fourth-order valence-corrected chi connectivity index (χ4v) is 6.23. The minimum absolute atomic E-state index is 0.170. The molecule has 1 saturated heterocycles. The molecule has 0 saturated carbocycles. The van der Waals surface area contributed by atoms with Crippen molar-refractivity contribution >= 4 is 25.4 Å². The summed E-state index contributed by atoms with van der Waals surface area (Å²) in [5, 5.41) is 3.63. The van der Waals surface area contributed by atoms with Crippen LogP contribution < -0.4 is 4.46 Å². The van der Waals surface area contributed by atoms with Gasteiger partial charge in [-0.1, -0.05) is 0 Å². The molecule has 3 aromatic carbocycles. The summed E-state index contributed by atoms with van der Waals surface area (Å²) in [5.74, 6) is -0.489. The zero-order valence-corrected chi connectivity index (χ0v) is 20.4. The molecule has 0 amide bonds. The number of carbonyl (C=O) groups excluding carboxylic acids is 1. The van der Waals surface area contributed by atoms with Crippen molar-refractivity contribution in [1.29, 1.82) is 0 Å². The second kappa shape index (κ2) is 11.8. The number of hydrogen-bond acceptors (Lipinski definition) is 5. The van der Waals surface area contributed by atoms with Crippen LogP contribution in [0.25, 0.3) is 10.4 Å². The van der Waals surface area contributed by atoms with Crippen LogP contribution in [0.4, 0.5) is 0 Å². The number of rotatable bonds is 8. The number of esters is 1. The number of benzene rings is 3.